The Labute approximate surface area is 146 Å². The number of aliphatic imine (C=N–C) groups is 1. The minimum absolute atomic E-state index is 0.116. The molecule has 1 aromatic carbocycles. The van der Waals surface area contributed by atoms with Crippen molar-refractivity contribution in [3.8, 4) is 0 Å². The smallest absolute Gasteiger partial charge is 0.191 e. The van der Waals surface area contributed by atoms with Crippen molar-refractivity contribution in [2.75, 3.05) is 13.1 Å². The zero-order valence-corrected chi connectivity index (χ0v) is 15.7. The number of guanidine groups is 1. The van der Waals surface area contributed by atoms with Gasteiger partial charge in [-0.1, -0.05) is 17.7 Å². The summed E-state index contributed by atoms with van der Waals surface area (Å²) >= 11 is 0. The number of nitrogens with one attached hydrogen (secondary N) is 2. The van der Waals surface area contributed by atoms with Crippen molar-refractivity contribution in [1.82, 2.24) is 10.6 Å². The molecule has 0 aromatic heterocycles. The molecular formula is C20H33N3O. The van der Waals surface area contributed by atoms with E-state index in [4.69, 9.17) is 4.99 Å². The first-order valence-corrected chi connectivity index (χ1v) is 9.29. The summed E-state index contributed by atoms with van der Waals surface area (Å²) in [6, 6.07) is 4.93. The highest BCUT2D eigenvalue weighted by molar-refractivity contribution is 5.80. The molecule has 1 aromatic rings. The van der Waals surface area contributed by atoms with Gasteiger partial charge in [0.15, 0.2) is 5.96 Å². The van der Waals surface area contributed by atoms with E-state index in [0.717, 1.165) is 51.2 Å². The van der Waals surface area contributed by atoms with Gasteiger partial charge in [-0.3, -0.25) is 4.99 Å². The first kappa shape index (κ1) is 18.8. The number of benzene rings is 1. The van der Waals surface area contributed by atoms with E-state index < -0.39 is 0 Å². The van der Waals surface area contributed by atoms with Gasteiger partial charge < -0.3 is 15.7 Å². The number of aliphatic hydroxyl groups excluding tert-OH is 1. The Morgan fingerprint density at radius 2 is 1.75 bits per heavy atom. The van der Waals surface area contributed by atoms with Gasteiger partial charge in [-0.15, -0.1) is 0 Å². The van der Waals surface area contributed by atoms with Gasteiger partial charge in [0.25, 0.3) is 0 Å². The van der Waals surface area contributed by atoms with Crippen molar-refractivity contribution in [3.63, 3.8) is 0 Å². The van der Waals surface area contributed by atoms with Crippen LogP contribution in [0, 0.1) is 20.8 Å². The highest BCUT2D eigenvalue weighted by Crippen LogP contribution is 2.18. The topological polar surface area (TPSA) is 56.7 Å². The minimum Gasteiger partial charge on any atom is -0.393 e. The minimum atomic E-state index is -0.116. The Kier molecular flexibility index (Phi) is 7.10. The van der Waals surface area contributed by atoms with Crippen molar-refractivity contribution in [1.29, 1.82) is 0 Å². The van der Waals surface area contributed by atoms with E-state index in [9.17, 15) is 5.11 Å². The van der Waals surface area contributed by atoms with Crippen LogP contribution in [0.3, 0.4) is 0 Å². The summed E-state index contributed by atoms with van der Waals surface area (Å²) in [7, 11) is 0. The Bertz CT molecular complexity index is 537. The zero-order valence-electron chi connectivity index (χ0n) is 15.7. The van der Waals surface area contributed by atoms with Crippen molar-refractivity contribution in [2.45, 2.75) is 71.9 Å². The molecule has 2 rings (SSSR count). The molecule has 0 amide bonds. The first-order chi connectivity index (χ1) is 11.5. The average Bonchev–Trinajstić information content (AvgIpc) is 2.52. The molecule has 4 heteroatoms. The molecule has 0 heterocycles. The first-order valence-electron chi connectivity index (χ1n) is 9.29. The Morgan fingerprint density at radius 3 is 2.33 bits per heavy atom. The number of aryl methyl sites for hydroxylation is 3. The van der Waals surface area contributed by atoms with Crippen LogP contribution < -0.4 is 10.6 Å². The molecule has 0 saturated heterocycles. The summed E-state index contributed by atoms with van der Waals surface area (Å²) in [6.45, 7) is 10.3. The third kappa shape index (κ3) is 5.52. The van der Waals surface area contributed by atoms with Crippen LogP contribution in [0.25, 0.3) is 0 Å². The third-order valence-electron chi connectivity index (χ3n) is 4.85. The number of nitrogens with zero attached hydrogens (tertiary/aromatic N) is 1. The lowest BCUT2D eigenvalue weighted by atomic mass is 9.93. The van der Waals surface area contributed by atoms with Gasteiger partial charge in [-0.05, 0) is 76.5 Å². The van der Waals surface area contributed by atoms with Gasteiger partial charge in [0.05, 0.1) is 6.10 Å². The molecule has 1 aliphatic rings. The van der Waals surface area contributed by atoms with Gasteiger partial charge in [0.1, 0.15) is 0 Å². The van der Waals surface area contributed by atoms with Gasteiger partial charge in [0, 0.05) is 19.1 Å². The fourth-order valence-corrected chi connectivity index (χ4v) is 3.62. The fraction of sp³-hybridized carbons (Fsp3) is 0.650. The molecule has 3 N–H and O–H groups in total. The van der Waals surface area contributed by atoms with Crippen LogP contribution in [0.1, 0.15) is 54.9 Å². The maximum Gasteiger partial charge on any atom is 0.191 e. The van der Waals surface area contributed by atoms with Crippen LogP contribution in [0.2, 0.25) is 0 Å². The molecule has 1 fully saturated rings. The molecule has 0 radical (unpaired) electrons. The molecule has 0 atom stereocenters. The van der Waals surface area contributed by atoms with Crippen LogP contribution in [0.15, 0.2) is 17.1 Å². The fourth-order valence-electron chi connectivity index (χ4n) is 3.62. The van der Waals surface area contributed by atoms with Crippen molar-refractivity contribution >= 4 is 5.96 Å². The van der Waals surface area contributed by atoms with E-state index in [0.29, 0.717) is 6.04 Å². The van der Waals surface area contributed by atoms with Gasteiger partial charge in [-0.2, -0.15) is 0 Å². The third-order valence-corrected chi connectivity index (χ3v) is 4.85. The molecule has 0 spiro atoms. The maximum atomic E-state index is 9.63. The summed E-state index contributed by atoms with van der Waals surface area (Å²) < 4.78 is 0. The zero-order chi connectivity index (χ0) is 17.5. The summed E-state index contributed by atoms with van der Waals surface area (Å²) in [5.74, 6) is 0.904. The Balaban J connectivity index is 1.93. The standard InChI is InChI=1S/C20H33N3O/c1-5-21-20(23-17-6-8-18(24)9-7-17)22-11-10-19-15(3)12-14(2)13-16(19)4/h12-13,17-18,24H,5-11H2,1-4H3,(H2,21,22,23). The molecule has 0 bridgehead atoms. The molecule has 1 saturated carbocycles. The lowest BCUT2D eigenvalue weighted by Crippen LogP contribution is -2.45. The quantitative estimate of drug-likeness (QED) is 0.574. The van der Waals surface area contributed by atoms with E-state index in [1.165, 1.54) is 22.3 Å². The molecule has 0 aliphatic heterocycles. The molecule has 0 unspecified atom stereocenters. The Morgan fingerprint density at radius 1 is 1.12 bits per heavy atom. The molecule has 4 nitrogen and oxygen atoms in total. The summed E-state index contributed by atoms with van der Waals surface area (Å²) in [6.07, 6.45) is 4.66. The molecule has 24 heavy (non-hydrogen) atoms. The summed E-state index contributed by atoms with van der Waals surface area (Å²) in [5.41, 5.74) is 5.47. The van der Waals surface area contributed by atoms with Crippen molar-refractivity contribution in [2.24, 2.45) is 4.99 Å². The SMILES string of the molecule is CCNC(=NCCc1c(C)cc(C)cc1C)NC1CCC(O)CC1. The van der Waals surface area contributed by atoms with E-state index in [1.54, 1.807) is 0 Å². The van der Waals surface area contributed by atoms with Crippen LogP contribution in [0.5, 0.6) is 0 Å². The molecule has 134 valence electrons. The normalized spacial score (nSPS) is 21.6. The highest BCUT2D eigenvalue weighted by Gasteiger charge is 2.19. The predicted molar refractivity (Wildman–Crippen MR) is 102 cm³/mol. The van der Waals surface area contributed by atoms with Crippen LogP contribution in [-0.2, 0) is 6.42 Å². The number of hydrogen-bond acceptors (Lipinski definition) is 2. The molecule has 1 aliphatic carbocycles. The number of hydrogen-bond donors (Lipinski definition) is 3. The van der Waals surface area contributed by atoms with Crippen LogP contribution in [-0.4, -0.2) is 36.3 Å². The second kappa shape index (κ2) is 9.07. The summed E-state index contributed by atoms with van der Waals surface area (Å²) in [5, 5.41) is 16.5. The van der Waals surface area contributed by atoms with Crippen LogP contribution >= 0.6 is 0 Å². The van der Waals surface area contributed by atoms with Crippen molar-refractivity contribution < 1.29 is 5.11 Å². The molecular weight excluding hydrogens is 298 g/mol. The van der Waals surface area contributed by atoms with E-state index in [-0.39, 0.29) is 6.10 Å². The average molecular weight is 332 g/mol. The van der Waals surface area contributed by atoms with E-state index >= 15 is 0 Å². The Hall–Kier alpha value is -1.55. The van der Waals surface area contributed by atoms with Gasteiger partial charge in [0.2, 0.25) is 0 Å². The highest BCUT2D eigenvalue weighted by atomic mass is 16.3. The summed E-state index contributed by atoms with van der Waals surface area (Å²) in [4.78, 5) is 4.76. The second-order valence-electron chi connectivity index (χ2n) is 7.04. The van der Waals surface area contributed by atoms with Gasteiger partial charge in [-0.25, -0.2) is 0 Å². The lowest BCUT2D eigenvalue weighted by Gasteiger charge is -2.27. The largest absolute Gasteiger partial charge is 0.393 e. The van der Waals surface area contributed by atoms with E-state index in [2.05, 4.69) is 50.5 Å². The van der Waals surface area contributed by atoms with Crippen molar-refractivity contribution in [3.05, 3.63) is 34.4 Å². The van der Waals surface area contributed by atoms with Crippen LogP contribution in [0.4, 0.5) is 0 Å². The predicted octanol–water partition coefficient (Wildman–Crippen LogP) is 3.01. The van der Waals surface area contributed by atoms with E-state index in [1.807, 2.05) is 0 Å². The van der Waals surface area contributed by atoms with Gasteiger partial charge >= 0.3 is 0 Å². The second-order valence-corrected chi connectivity index (χ2v) is 7.04. The lowest BCUT2D eigenvalue weighted by molar-refractivity contribution is 0.120. The maximum absolute atomic E-state index is 9.63. The number of rotatable bonds is 5. The monoisotopic (exact) mass is 331 g/mol. The number of aliphatic hydroxyl groups is 1.